The van der Waals surface area contributed by atoms with Crippen molar-refractivity contribution in [2.24, 2.45) is 5.16 Å². The van der Waals surface area contributed by atoms with Crippen LogP contribution in [0.5, 0.6) is 0 Å². The summed E-state index contributed by atoms with van der Waals surface area (Å²) in [7, 11) is 0. The van der Waals surface area contributed by atoms with E-state index in [1.807, 2.05) is 6.07 Å². The van der Waals surface area contributed by atoms with Crippen LogP contribution in [0, 0.1) is 0 Å². The molecule has 5 heteroatoms. The second kappa shape index (κ2) is 4.18. The fourth-order valence-corrected chi connectivity index (χ4v) is 1.31. The summed E-state index contributed by atoms with van der Waals surface area (Å²) in [6.45, 7) is 0. The zero-order valence-corrected chi connectivity index (χ0v) is 8.68. The van der Waals surface area contributed by atoms with E-state index in [1.165, 1.54) is 0 Å². The molecule has 0 bridgehead atoms. The molecule has 0 saturated carbocycles. The van der Waals surface area contributed by atoms with Gasteiger partial charge < -0.3 is 5.21 Å². The maximum Gasteiger partial charge on any atom is 0.236 e. The van der Waals surface area contributed by atoms with Gasteiger partial charge in [-0.05, 0) is 0 Å². The van der Waals surface area contributed by atoms with Crippen molar-refractivity contribution in [3.63, 3.8) is 0 Å². The lowest BCUT2D eigenvalue weighted by atomic mass is 10.1. The van der Waals surface area contributed by atoms with Gasteiger partial charge in [-0.25, -0.2) is 0 Å². The maximum absolute atomic E-state index is 8.65. The van der Waals surface area contributed by atoms with Crippen molar-refractivity contribution in [2.45, 2.75) is 3.79 Å². The standard InChI is InChI=1S/C8H6Cl3NO/c9-8(10,11)7(12-13)6-4-2-1-3-5-6/h1-5,13H/b12-7-. The number of halogens is 3. The third-order valence-corrected chi connectivity index (χ3v) is 1.95. The molecule has 1 N–H and O–H groups in total. The van der Waals surface area contributed by atoms with Crippen LogP contribution in [0.15, 0.2) is 35.5 Å². The van der Waals surface area contributed by atoms with Crippen LogP contribution < -0.4 is 0 Å². The lowest BCUT2D eigenvalue weighted by molar-refractivity contribution is 0.318. The quantitative estimate of drug-likeness (QED) is 0.346. The molecule has 0 saturated heterocycles. The summed E-state index contributed by atoms with van der Waals surface area (Å²) < 4.78 is -1.71. The second-order valence-electron chi connectivity index (χ2n) is 2.31. The Morgan fingerprint density at radius 3 is 2.08 bits per heavy atom. The number of benzene rings is 1. The third kappa shape index (κ3) is 2.76. The molecule has 0 aliphatic rings. The highest BCUT2D eigenvalue weighted by molar-refractivity contribution is 6.77. The van der Waals surface area contributed by atoms with Gasteiger partial charge in [0.25, 0.3) is 0 Å². The van der Waals surface area contributed by atoms with E-state index in [0.717, 1.165) is 0 Å². The minimum absolute atomic E-state index is 0.0121. The molecular formula is C8H6Cl3NO. The van der Waals surface area contributed by atoms with E-state index in [2.05, 4.69) is 5.16 Å². The van der Waals surface area contributed by atoms with Gasteiger partial charge in [-0.1, -0.05) is 70.3 Å². The van der Waals surface area contributed by atoms with Crippen LogP contribution in [0.1, 0.15) is 5.56 Å². The smallest absolute Gasteiger partial charge is 0.236 e. The fraction of sp³-hybridized carbons (Fsp3) is 0.125. The Balaban J connectivity index is 3.08. The number of hydrogen-bond donors (Lipinski definition) is 1. The topological polar surface area (TPSA) is 32.6 Å². The van der Waals surface area contributed by atoms with Crippen molar-refractivity contribution in [3.05, 3.63) is 35.9 Å². The van der Waals surface area contributed by atoms with Crippen LogP contribution in [0.4, 0.5) is 0 Å². The molecular weight excluding hydrogens is 232 g/mol. The zero-order chi connectivity index (χ0) is 9.90. The Bertz CT molecular complexity index is 305. The molecule has 0 aromatic heterocycles. The van der Waals surface area contributed by atoms with E-state index in [4.69, 9.17) is 40.0 Å². The number of alkyl halides is 3. The minimum Gasteiger partial charge on any atom is -0.410 e. The van der Waals surface area contributed by atoms with E-state index in [1.54, 1.807) is 24.3 Å². The molecule has 0 aliphatic carbocycles. The van der Waals surface area contributed by atoms with Crippen LogP contribution in [0.3, 0.4) is 0 Å². The molecule has 13 heavy (non-hydrogen) atoms. The first-order valence-corrected chi connectivity index (χ1v) is 4.54. The summed E-state index contributed by atoms with van der Waals surface area (Å²) in [6.07, 6.45) is 0. The van der Waals surface area contributed by atoms with Crippen LogP contribution >= 0.6 is 34.8 Å². The van der Waals surface area contributed by atoms with Crippen LogP contribution in [0.25, 0.3) is 0 Å². The molecule has 0 unspecified atom stereocenters. The van der Waals surface area contributed by atoms with Gasteiger partial charge in [0.2, 0.25) is 3.79 Å². The second-order valence-corrected chi connectivity index (χ2v) is 4.59. The molecule has 0 atom stereocenters. The Kier molecular flexibility index (Phi) is 3.42. The molecule has 0 spiro atoms. The van der Waals surface area contributed by atoms with Gasteiger partial charge >= 0.3 is 0 Å². The molecule has 0 fully saturated rings. The number of hydrogen-bond acceptors (Lipinski definition) is 2. The minimum atomic E-state index is -1.71. The van der Waals surface area contributed by atoms with Gasteiger partial charge in [0.15, 0.2) is 0 Å². The molecule has 0 radical (unpaired) electrons. The lowest BCUT2D eigenvalue weighted by Gasteiger charge is -2.12. The van der Waals surface area contributed by atoms with E-state index in [-0.39, 0.29) is 5.71 Å². The molecule has 1 rings (SSSR count). The van der Waals surface area contributed by atoms with Gasteiger partial charge in [0.1, 0.15) is 5.71 Å². The molecule has 1 aromatic carbocycles. The molecule has 70 valence electrons. The third-order valence-electron chi connectivity index (χ3n) is 1.42. The average molecular weight is 239 g/mol. The van der Waals surface area contributed by atoms with Gasteiger partial charge in [0, 0.05) is 5.56 Å². The molecule has 0 aliphatic heterocycles. The van der Waals surface area contributed by atoms with Crippen molar-refractivity contribution in [1.82, 2.24) is 0 Å². The highest BCUT2D eigenvalue weighted by Gasteiger charge is 2.29. The summed E-state index contributed by atoms with van der Waals surface area (Å²) in [5.41, 5.74) is 0.586. The first-order chi connectivity index (χ1) is 6.05. The Morgan fingerprint density at radius 2 is 1.69 bits per heavy atom. The van der Waals surface area contributed by atoms with Crippen molar-refractivity contribution >= 4 is 40.5 Å². The number of rotatable bonds is 1. The maximum atomic E-state index is 8.65. The SMILES string of the molecule is O/N=C(/c1ccccc1)C(Cl)(Cl)Cl. The highest BCUT2D eigenvalue weighted by Crippen LogP contribution is 2.30. The summed E-state index contributed by atoms with van der Waals surface area (Å²) in [4.78, 5) is 0. The predicted molar refractivity (Wildman–Crippen MR) is 55.1 cm³/mol. The number of oxime groups is 1. The largest absolute Gasteiger partial charge is 0.410 e. The summed E-state index contributed by atoms with van der Waals surface area (Å²) in [6, 6.07) is 8.72. The van der Waals surface area contributed by atoms with E-state index in [9.17, 15) is 0 Å². The average Bonchev–Trinajstić information content (AvgIpc) is 2.05. The monoisotopic (exact) mass is 237 g/mol. The Morgan fingerprint density at radius 1 is 1.15 bits per heavy atom. The van der Waals surface area contributed by atoms with Crippen LogP contribution in [-0.2, 0) is 0 Å². The first-order valence-electron chi connectivity index (χ1n) is 3.40. The van der Waals surface area contributed by atoms with Crippen molar-refractivity contribution < 1.29 is 5.21 Å². The molecule has 0 heterocycles. The summed E-state index contributed by atoms with van der Waals surface area (Å²) in [5.74, 6) is 0. The van der Waals surface area contributed by atoms with E-state index >= 15 is 0 Å². The summed E-state index contributed by atoms with van der Waals surface area (Å²) in [5, 5.41) is 11.6. The van der Waals surface area contributed by atoms with E-state index in [0.29, 0.717) is 5.56 Å². The first kappa shape index (κ1) is 10.6. The fourth-order valence-electron chi connectivity index (χ4n) is 0.874. The van der Waals surface area contributed by atoms with Crippen LogP contribution in [0.2, 0.25) is 0 Å². The van der Waals surface area contributed by atoms with Gasteiger partial charge in [0.05, 0.1) is 0 Å². The normalized spacial score (nSPS) is 13.0. The van der Waals surface area contributed by atoms with Gasteiger partial charge in [-0.3, -0.25) is 0 Å². The van der Waals surface area contributed by atoms with Crippen molar-refractivity contribution in [2.75, 3.05) is 0 Å². The number of nitrogens with zero attached hydrogens (tertiary/aromatic N) is 1. The molecule has 0 amide bonds. The van der Waals surface area contributed by atoms with Crippen LogP contribution in [-0.4, -0.2) is 14.7 Å². The summed E-state index contributed by atoms with van der Waals surface area (Å²) >= 11 is 16.7. The Hall–Kier alpha value is -0.440. The molecule has 1 aromatic rings. The predicted octanol–water partition coefficient (Wildman–Crippen LogP) is 3.24. The van der Waals surface area contributed by atoms with Crippen molar-refractivity contribution in [1.29, 1.82) is 0 Å². The lowest BCUT2D eigenvalue weighted by Crippen LogP contribution is -2.20. The Labute approximate surface area is 90.7 Å². The molecule has 2 nitrogen and oxygen atoms in total. The van der Waals surface area contributed by atoms with Gasteiger partial charge in [-0.2, -0.15) is 0 Å². The van der Waals surface area contributed by atoms with E-state index < -0.39 is 3.79 Å². The van der Waals surface area contributed by atoms with Crippen molar-refractivity contribution in [3.8, 4) is 0 Å². The highest BCUT2D eigenvalue weighted by atomic mass is 35.6. The zero-order valence-electron chi connectivity index (χ0n) is 6.42. The van der Waals surface area contributed by atoms with Gasteiger partial charge in [-0.15, -0.1) is 0 Å².